The molecule has 1 aromatic carbocycles. The summed E-state index contributed by atoms with van der Waals surface area (Å²) in [5.41, 5.74) is 3.74. The molecule has 3 unspecified atom stereocenters. The molecule has 2 N–H and O–H groups in total. The van der Waals surface area contributed by atoms with E-state index in [0.717, 1.165) is 6.42 Å². The Kier molecular flexibility index (Phi) is 4.87. The maximum atomic E-state index is 13.7. The lowest BCUT2D eigenvalue weighted by Crippen LogP contribution is -2.72. The van der Waals surface area contributed by atoms with Gasteiger partial charge in [0.1, 0.15) is 5.82 Å². The molecule has 0 aliphatic heterocycles. The lowest BCUT2D eigenvalue weighted by molar-refractivity contribution is -0.162. The van der Waals surface area contributed by atoms with Crippen molar-refractivity contribution in [3.05, 3.63) is 35.6 Å². The summed E-state index contributed by atoms with van der Waals surface area (Å²) in [6, 6.07) is 5.65. The van der Waals surface area contributed by atoms with Crippen molar-refractivity contribution in [1.82, 2.24) is 10.9 Å². The van der Waals surface area contributed by atoms with Crippen LogP contribution in [0.5, 0.6) is 0 Å². The second-order valence-electron chi connectivity index (χ2n) is 7.19. The van der Waals surface area contributed by atoms with Crippen molar-refractivity contribution in [1.29, 1.82) is 0 Å². The van der Waals surface area contributed by atoms with Crippen LogP contribution in [-0.4, -0.2) is 20.4 Å². The summed E-state index contributed by atoms with van der Waals surface area (Å²) in [4.78, 5) is 25.0. The molecule has 0 spiro atoms. The summed E-state index contributed by atoms with van der Waals surface area (Å²) in [5, 5.41) is 0. The van der Waals surface area contributed by atoms with Crippen LogP contribution >= 0.6 is 47.8 Å². The molecule has 0 heterocycles. The number of hydrazine groups is 1. The maximum absolute atomic E-state index is 13.7. The van der Waals surface area contributed by atoms with E-state index < -0.39 is 17.1 Å². The molecule has 0 aromatic heterocycles. The Bertz CT molecular complexity index is 742. The monoisotopic (exact) mass is 538 g/mol. The van der Waals surface area contributed by atoms with Gasteiger partial charge in [-0.05, 0) is 30.4 Å². The van der Waals surface area contributed by atoms with E-state index in [0.29, 0.717) is 6.42 Å². The minimum Gasteiger partial charge on any atom is -0.273 e. The van der Waals surface area contributed by atoms with Gasteiger partial charge in [-0.2, -0.15) is 0 Å². The van der Waals surface area contributed by atoms with Crippen LogP contribution in [-0.2, 0) is 4.79 Å². The van der Waals surface area contributed by atoms with E-state index in [1.165, 1.54) is 18.2 Å². The molecule has 2 bridgehead atoms. The van der Waals surface area contributed by atoms with E-state index in [2.05, 4.69) is 72.5 Å². The topological polar surface area (TPSA) is 58.2 Å². The normalized spacial score (nSPS) is 32.2. The van der Waals surface area contributed by atoms with Crippen LogP contribution in [0.25, 0.3) is 0 Å². The zero-order valence-corrected chi connectivity index (χ0v) is 18.5. The van der Waals surface area contributed by atoms with Gasteiger partial charge in [-0.3, -0.25) is 20.4 Å². The van der Waals surface area contributed by atoms with Crippen molar-refractivity contribution in [2.75, 3.05) is 0 Å². The van der Waals surface area contributed by atoms with Crippen LogP contribution in [0, 0.1) is 22.1 Å². The van der Waals surface area contributed by atoms with Gasteiger partial charge >= 0.3 is 0 Å². The summed E-state index contributed by atoms with van der Waals surface area (Å²) in [6.45, 7) is 4.15. The molecule has 25 heavy (non-hydrogen) atoms. The number of alkyl halides is 3. The summed E-state index contributed by atoms with van der Waals surface area (Å²) in [7, 11) is 0. The standard InChI is InChI=1S/C17H18Br3FN2O2/c1-15(2)16(13(19)20)7-8-17(15,12(16)18)14(25)23-22-11(24)9-5-3-4-6-10(9)21/h3-6,12-13H,7-8H2,1-2H3,(H,22,24)(H,23,25). The fraction of sp³-hybridized carbons (Fsp3) is 0.529. The number of rotatable bonds is 3. The maximum Gasteiger partial charge on any atom is 0.272 e. The van der Waals surface area contributed by atoms with Crippen molar-refractivity contribution in [3.63, 3.8) is 0 Å². The minimum absolute atomic E-state index is 0.0309. The molecule has 4 rings (SSSR count). The third kappa shape index (κ3) is 2.32. The third-order valence-corrected chi connectivity index (χ3v) is 9.53. The summed E-state index contributed by atoms with van der Waals surface area (Å²) < 4.78 is 13.8. The average molecular weight is 541 g/mol. The minimum atomic E-state index is -0.672. The number of hydrogen-bond donors (Lipinski definition) is 2. The number of benzene rings is 1. The van der Waals surface area contributed by atoms with Crippen molar-refractivity contribution >= 4 is 59.6 Å². The number of amides is 2. The highest BCUT2D eigenvalue weighted by Gasteiger charge is 2.83. The number of nitrogens with one attached hydrogen (secondary N) is 2. The predicted molar refractivity (Wildman–Crippen MR) is 104 cm³/mol. The van der Waals surface area contributed by atoms with Gasteiger partial charge in [0.15, 0.2) is 0 Å². The molecule has 8 heteroatoms. The zero-order chi connectivity index (χ0) is 18.6. The van der Waals surface area contributed by atoms with Crippen molar-refractivity contribution in [2.45, 2.75) is 35.3 Å². The van der Waals surface area contributed by atoms with Gasteiger partial charge in [0.25, 0.3) is 5.91 Å². The van der Waals surface area contributed by atoms with Gasteiger partial charge in [0, 0.05) is 10.2 Å². The smallest absolute Gasteiger partial charge is 0.272 e. The number of carbonyl (C=O) groups excluding carboxylic acids is 2. The van der Waals surface area contributed by atoms with Crippen LogP contribution < -0.4 is 10.9 Å². The van der Waals surface area contributed by atoms with Gasteiger partial charge in [-0.25, -0.2) is 4.39 Å². The first kappa shape index (κ1) is 19.3. The summed E-state index contributed by atoms with van der Waals surface area (Å²) in [5.74, 6) is -1.55. The first-order valence-electron chi connectivity index (χ1n) is 7.90. The first-order chi connectivity index (χ1) is 11.6. The first-order valence-corrected chi connectivity index (χ1v) is 10.6. The van der Waals surface area contributed by atoms with Gasteiger partial charge in [-0.15, -0.1) is 0 Å². The van der Waals surface area contributed by atoms with Gasteiger partial charge in [0.05, 0.1) is 14.7 Å². The molecule has 3 atom stereocenters. The van der Waals surface area contributed by atoms with Gasteiger partial charge in [-0.1, -0.05) is 73.8 Å². The van der Waals surface area contributed by atoms with E-state index in [1.54, 1.807) is 6.07 Å². The largest absolute Gasteiger partial charge is 0.273 e. The average Bonchev–Trinajstić information content (AvgIpc) is 3.02. The lowest BCUT2D eigenvalue weighted by atomic mass is 9.43. The second-order valence-corrected chi connectivity index (χ2v) is 11.2. The van der Waals surface area contributed by atoms with Crippen molar-refractivity contribution in [3.8, 4) is 0 Å². The highest BCUT2D eigenvalue weighted by molar-refractivity contribution is 9.24. The molecule has 136 valence electrons. The molecule has 4 nitrogen and oxygen atoms in total. The molecule has 3 aliphatic carbocycles. The number of carbonyl (C=O) groups is 2. The molecule has 3 aliphatic rings. The molecule has 0 saturated heterocycles. The summed E-state index contributed by atoms with van der Waals surface area (Å²) >= 11 is 11.0. The molecular weight excluding hydrogens is 523 g/mol. The van der Waals surface area contributed by atoms with E-state index in [1.807, 2.05) is 0 Å². The SMILES string of the molecule is CC1(C)C2(C(=O)NNC(=O)c3ccccc3F)CCC1(C(Br)Br)C2Br. The fourth-order valence-electron chi connectivity index (χ4n) is 4.64. The zero-order valence-electron chi connectivity index (χ0n) is 13.7. The summed E-state index contributed by atoms with van der Waals surface area (Å²) in [6.07, 6.45) is 1.59. The van der Waals surface area contributed by atoms with Crippen LogP contribution in [0.2, 0.25) is 0 Å². The van der Waals surface area contributed by atoms with Crippen molar-refractivity contribution in [2.24, 2.45) is 16.2 Å². The lowest BCUT2D eigenvalue weighted by Gasteiger charge is -2.66. The van der Waals surface area contributed by atoms with E-state index in [4.69, 9.17) is 0 Å². The highest BCUT2D eigenvalue weighted by Crippen LogP contribution is 2.82. The highest BCUT2D eigenvalue weighted by atomic mass is 79.9. The Balaban J connectivity index is 1.75. The van der Waals surface area contributed by atoms with Crippen molar-refractivity contribution < 1.29 is 14.0 Å². The van der Waals surface area contributed by atoms with Crippen LogP contribution in [0.15, 0.2) is 24.3 Å². The fourth-order valence-corrected chi connectivity index (χ4v) is 9.55. The Hall–Kier alpha value is -0.470. The second kappa shape index (κ2) is 6.30. The van der Waals surface area contributed by atoms with E-state index >= 15 is 0 Å². The van der Waals surface area contributed by atoms with E-state index in [-0.39, 0.29) is 30.9 Å². The Morgan fingerprint density at radius 2 is 1.84 bits per heavy atom. The predicted octanol–water partition coefficient (Wildman–Crippen LogP) is 4.27. The quantitative estimate of drug-likeness (QED) is 0.444. The molecule has 1 aromatic rings. The molecule has 2 amide bonds. The third-order valence-electron chi connectivity index (χ3n) is 6.30. The van der Waals surface area contributed by atoms with E-state index in [9.17, 15) is 14.0 Å². The Morgan fingerprint density at radius 3 is 2.36 bits per heavy atom. The van der Waals surface area contributed by atoms with Gasteiger partial charge in [0.2, 0.25) is 5.91 Å². The number of hydrogen-bond acceptors (Lipinski definition) is 2. The van der Waals surface area contributed by atoms with Crippen LogP contribution in [0.4, 0.5) is 4.39 Å². The Morgan fingerprint density at radius 1 is 1.20 bits per heavy atom. The van der Waals surface area contributed by atoms with Crippen LogP contribution in [0.1, 0.15) is 37.0 Å². The molecule has 3 fully saturated rings. The van der Waals surface area contributed by atoms with Gasteiger partial charge < -0.3 is 0 Å². The molecule has 3 saturated carbocycles. The molecular formula is C17H18Br3FN2O2. The van der Waals surface area contributed by atoms with Crippen LogP contribution in [0.3, 0.4) is 0 Å². The number of fused-ring (bicyclic) bond motifs is 1. The Labute approximate surface area is 171 Å². The molecule has 0 radical (unpaired) electrons. The number of halogens is 4.